The highest BCUT2D eigenvalue weighted by Gasteiger charge is 2.72. The van der Waals surface area contributed by atoms with Crippen LogP contribution >= 0.6 is 0 Å². The summed E-state index contributed by atoms with van der Waals surface area (Å²) in [4.78, 5) is 49.2. The molecule has 3 amide bonds. The van der Waals surface area contributed by atoms with E-state index in [-0.39, 0.29) is 25.0 Å². The number of rotatable bonds is 8. The highest BCUT2D eigenvalue weighted by molar-refractivity contribution is 6.04. The summed E-state index contributed by atoms with van der Waals surface area (Å²) in [5.41, 5.74) is 1.32. The molecule has 1 unspecified atom stereocenters. The van der Waals surface area contributed by atoms with E-state index in [9.17, 15) is 19.5 Å². The summed E-state index contributed by atoms with van der Waals surface area (Å²) in [6.07, 6.45) is 6.60. The third-order valence-electron chi connectivity index (χ3n) is 10.1. The Morgan fingerprint density at radius 3 is 2.49 bits per heavy atom. The summed E-state index contributed by atoms with van der Waals surface area (Å²) in [7, 11) is 0. The molecule has 8 rings (SSSR count). The van der Waals surface area contributed by atoms with E-state index in [4.69, 9.17) is 9.47 Å². The molecule has 2 fully saturated rings. The number of anilines is 1. The molecule has 0 radical (unpaired) electrons. The van der Waals surface area contributed by atoms with E-state index in [1.807, 2.05) is 104 Å². The standard InChI is InChI=1S/C37H36N6O6/c1-2-48-26-17-15-25(16-18-26)41-21-8-14-30-31(34(41)45)32-35(46)43(29(22-44)24-10-4-3-5-11-24)33-36(47)40(20-9-19-37(32,33)49-30)23-42-28-13-7-6-12-27(28)38-39-42/h3-19,29-33,44H,2,20-23H2,1H3/t29-,30+,31-,32+,33?,37+/m1/s1. The lowest BCUT2D eigenvalue weighted by atomic mass is 9.77. The number of aliphatic hydroxyl groups excluding tert-OH is 1. The molecular weight excluding hydrogens is 624 g/mol. The fourth-order valence-corrected chi connectivity index (χ4v) is 7.92. The Morgan fingerprint density at radius 2 is 1.71 bits per heavy atom. The first-order valence-electron chi connectivity index (χ1n) is 16.6. The van der Waals surface area contributed by atoms with Crippen LogP contribution < -0.4 is 9.64 Å². The summed E-state index contributed by atoms with van der Waals surface area (Å²) in [5, 5.41) is 19.4. The summed E-state index contributed by atoms with van der Waals surface area (Å²) >= 11 is 0. The van der Waals surface area contributed by atoms with E-state index in [1.165, 1.54) is 4.90 Å². The van der Waals surface area contributed by atoms with Crippen molar-refractivity contribution in [2.24, 2.45) is 11.8 Å². The first kappa shape index (κ1) is 31.0. The third kappa shape index (κ3) is 4.93. The largest absolute Gasteiger partial charge is 0.494 e. The summed E-state index contributed by atoms with van der Waals surface area (Å²) in [6, 6.07) is 21.9. The summed E-state index contributed by atoms with van der Waals surface area (Å²) < 4.78 is 14.1. The van der Waals surface area contributed by atoms with Gasteiger partial charge in [-0.15, -0.1) is 5.10 Å². The minimum absolute atomic E-state index is 0.0787. The van der Waals surface area contributed by atoms with Gasteiger partial charge in [-0.2, -0.15) is 0 Å². The number of carbonyl (C=O) groups excluding carboxylic acids is 3. The molecule has 1 spiro atoms. The second-order valence-electron chi connectivity index (χ2n) is 12.7. The molecule has 1 N–H and O–H groups in total. The van der Waals surface area contributed by atoms with Crippen LogP contribution in [-0.2, 0) is 25.8 Å². The molecule has 4 aromatic rings. The molecule has 4 aliphatic rings. The Hall–Kier alpha value is -5.33. The minimum atomic E-state index is -1.47. The Morgan fingerprint density at radius 1 is 0.939 bits per heavy atom. The molecular formula is C37H36N6O6. The number of carbonyl (C=O) groups is 3. The Bertz CT molecular complexity index is 1960. The number of para-hydroxylation sites is 1. The van der Waals surface area contributed by atoms with E-state index >= 15 is 0 Å². The van der Waals surface area contributed by atoms with Crippen molar-refractivity contribution in [1.29, 1.82) is 0 Å². The Labute approximate surface area is 282 Å². The van der Waals surface area contributed by atoms with Crippen LogP contribution in [0.15, 0.2) is 103 Å². The predicted octanol–water partition coefficient (Wildman–Crippen LogP) is 3.10. The van der Waals surface area contributed by atoms with Crippen molar-refractivity contribution in [3.05, 3.63) is 109 Å². The van der Waals surface area contributed by atoms with Crippen LogP contribution in [0.4, 0.5) is 5.69 Å². The number of hydrogen-bond acceptors (Lipinski definition) is 8. The average Bonchev–Trinajstić information content (AvgIpc) is 3.68. The summed E-state index contributed by atoms with van der Waals surface area (Å²) in [5.74, 6) is -2.30. The van der Waals surface area contributed by atoms with Crippen LogP contribution in [-0.4, -0.2) is 91.7 Å². The second kappa shape index (κ2) is 12.3. The maximum Gasteiger partial charge on any atom is 0.250 e. The molecule has 250 valence electrons. The number of likely N-dealkylation sites (tertiary alicyclic amines) is 1. The van der Waals surface area contributed by atoms with E-state index in [0.717, 1.165) is 5.52 Å². The fraction of sp³-hybridized carbons (Fsp3) is 0.324. The van der Waals surface area contributed by atoms with E-state index in [2.05, 4.69) is 10.3 Å². The number of hydrogen-bond donors (Lipinski definition) is 1. The van der Waals surface area contributed by atoms with Crippen molar-refractivity contribution in [2.75, 3.05) is 31.2 Å². The molecule has 4 aliphatic heterocycles. The van der Waals surface area contributed by atoms with Gasteiger partial charge in [-0.3, -0.25) is 14.4 Å². The van der Waals surface area contributed by atoms with Gasteiger partial charge in [-0.05, 0) is 48.9 Å². The van der Waals surface area contributed by atoms with Crippen LogP contribution in [0.2, 0.25) is 0 Å². The monoisotopic (exact) mass is 660 g/mol. The molecule has 12 heteroatoms. The zero-order valence-electron chi connectivity index (χ0n) is 26.9. The maximum atomic E-state index is 14.9. The van der Waals surface area contributed by atoms with Crippen molar-refractivity contribution in [3.63, 3.8) is 0 Å². The van der Waals surface area contributed by atoms with Gasteiger partial charge in [0.25, 0.3) is 5.91 Å². The van der Waals surface area contributed by atoms with Crippen LogP contribution in [0.5, 0.6) is 5.75 Å². The van der Waals surface area contributed by atoms with Gasteiger partial charge in [0.1, 0.15) is 29.6 Å². The average molecular weight is 661 g/mol. The van der Waals surface area contributed by atoms with Crippen LogP contribution in [0, 0.1) is 11.8 Å². The number of nitrogens with zero attached hydrogens (tertiary/aromatic N) is 6. The molecule has 3 aromatic carbocycles. The molecule has 0 bridgehead atoms. The lowest BCUT2D eigenvalue weighted by molar-refractivity contribution is -0.151. The highest BCUT2D eigenvalue weighted by Crippen LogP contribution is 2.55. The number of fused-ring (bicyclic) bond motifs is 3. The first-order valence-corrected chi connectivity index (χ1v) is 16.6. The van der Waals surface area contributed by atoms with Gasteiger partial charge in [-0.25, -0.2) is 4.68 Å². The van der Waals surface area contributed by atoms with Crippen LogP contribution in [0.1, 0.15) is 18.5 Å². The van der Waals surface area contributed by atoms with E-state index < -0.39 is 48.1 Å². The zero-order chi connectivity index (χ0) is 33.7. The Balaban J connectivity index is 1.21. The lowest BCUT2D eigenvalue weighted by Crippen LogP contribution is -2.56. The topological polar surface area (TPSA) is 130 Å². The normalized spacial score (nSPS) is 26.8. The van der Waals surface area contributed by atoms with Gasteiger partial charge >= 0.3 is 0 Å². The second-order valence-corrected chi connectivity index (χ2v) is 12.7. The van der Waals surface area contributed by atoms with Crippen molar-refractivity contribution < 1.29 is 29.0 Å². The molecule has 49 heavy (non-hydrogen) atoms. The van der Waals surface area contributed by atoms with E-state index in [0.29, 0.717) is 35.7 Å². The SMILES string of the molecule is CCOc1ccc(N2CC=C[C@@H]3O[C@]45C=CCN(Cn6nnc7ccccc76)C(=O)C4N([C@H](CO)c4ccccc4)C(=O)[C@@H]5[C@@H]3C2=O)cc1. The van der Waals surface area contributed by atoms with Gasteiger partial charge in [0.2, 0.25) is 11.8 Å². The summed E-state index contributed by atoms with van der Waals surface area (Å²) in [6.45, 7) is 2.59. The maximum absolute atomic E-state index is 14.9. The highest BCUT2D eigenvalue weighted by atomic mass is 16.5. The molecule has 12 nitrogen and oxygen atoms in total. The lowest BCUT2D eigenvalue weighted by Gasteiger charge is -2.38. The quantitative estimate of drug-likeness (QED) is 0.286. The fourth-order valence-electron chi connectivity index (χ4n) is 7.92. The molecule has 6 atom stereocenters. The van der Waals surface area contributed by atoms with Gasteiger partial charge < -0.3 is 29.3 Å². The predicted molar refractivity (Wildman–Crippen MR) is 179 cm³/mol. The smallest absolute Gasteiger partial charge is 0.250 e. The van der Waals surface area contributed by atoms with Gasteiger partial charge in [-0.1, -0.05) is 72.0 Å². The molecule has 0 saturated carbocycles. The number of aliphatic hydroxyl groups is 1. The van der Waals surface area contributed by atoms with Crippen LogP contribution in [0.3, 0.4) is 0 Å². The molecule has 0 aliphatic carbocycles. The zero-order valence-corrected chi connectivity index (χ0v) is 26.9. The minimum Gasteiger partial charge on any atom is -0.494 e. The van der Waals surface area contributed by atoms with Gasteiger partial charge in [0, 0.05) is 18.8 Å². The van der Waals surface area contributed by atoms with E-state index in [1.54, 1.807) is 20.6 Å². The Kier molecular flexibility index (Phi) is 7.76. The van der Waals surface area contributed by atoms with Crippen LogP contribution in [0.25, 0.3) is 11.0 Å². The van der Waals surface area contributed by atoms with Crippen molar-refractivity contribution in [2.45, 2.75) is 37.4 Å². The number of ether oxygens (including phenoxy) is 2. The van der Waals surface area contributed by atoms with Crippen molar-refractivity contribution >= 4 is 34.4 Å². The number of benzene rings is 3. The number of amides is 3. The molecule has 5 heterocycles. The molecule has 1 aromatic heterocycles. The van der Waals surface area contributed by atoms with Gasteiger partial charge in [0.05, 0.1) is 42.7 Å². The van der Waals surface area contributed by atoms with Gasteiger partial charge in [0.15, 0.2) is 0 Å². The first-order chi connectivity index (χ1) is 23.9. The van der Waals surface area contributed by atoms with Crippen molar-refractivity contribution in [1.82, 2.24) is 24.8 Å². The third-order valence-corrected chi connectivity index (χ3v) is 10.1. The number of aromatic nitrogens is 3. The van der Waals surface area contributed by atoms with Crippen molar-refractivity contribution in [3.8, 4) is 5.75 Å². The molecule has 2 saturated heterocycles.